The highest BCUT2D eigenvalue weighted by Gasteiger charge is 2.44. The van der Waals surface area contributed by atoms with Gasteiger partial charge in [0.15, 0.2) is 8.24 Å². The van der Waals surface area contributed by atoms with Crippen molar-refractivity contribution < 1.29 is 5.02 Å². The highest BCUT2D eigenvalue weighted by atomic mass is 28.3. The van der Waals surface area contributed by atoms with Gasteiger partial charge in [-0.2, -0.15) is 0 Å². The summed E-state index contributed by atoms with van der Waals surface area (Å²) in [6.45, 7) is 14.1. The molecule has 1 N–H and O–H groups in total. The lowest BCUT2D eigenvalue weighted by atomic mass is 9.92. The predicted octanol–water partition coefficient (Wildman–Crippen LogP) is 2.48. The Kier molecular flexibility index (Phi) is 4.67. The zero-order chi connectivity index (χ0) is 13.2. The number of hydrogen-bond donors (Lipinski definition) is 1. The van der Waals surface area contributed by atoms with Crippen LogP contribution in [0.5, 0.6) is 0 Å². The van der Waals surface area contributed by atoms with Crippen molar-refractivity contribution in [3.63, 3.8) is 0 Å². The first-order valence-corrected chi connectivity index (χ1v) is 8.83. The van der Waals surface area contributed by atoms with E-state index in [1.54, 1.807) is 0 Å². The van der Waals surface area contributed by atoms with Crippen molar-refractivity contribution >= 4 is 21.2 Å². The Labute approximate surface area is 107 Å². The molecule has 0 aliphatic heterocycles. The van der Waals surface area contributed by atoms with Crippen LogP contribution in [-0.2, 0) is 0 Å². The molecule has 4 heteroatoms. The third-order valence-electron chi connectivity index (χ3n) is 4.16. The van der Waals surface area contributed by atoms with Crippen LogP contribution < -0.4 is 5.46 Å². The molecule has 2 nitrogen and oxygen atoms in total. The Morgan fingerprint density at radius 3 is 1.82 bits per heavy atom. The Morgan fingerprint density at radius 1 is 1.06 bits per heavy atom. The van der Waals surface area contributed by atoms with Gasteiger partial charge in [-0.05, 0) is 40.5 Å². The summed E-state index contributed by atoms with van der Waals surface area (Å²) < 4.78 is 2.46. The van der Waals surface area contributed by atoms with Crippen molar-refractivity contribution in [2.24, 2.45) is 0 Å². The van der Waals surface area contributed by atoms with Crippen molar-refractivity contribution in [2.45, 2.75) is 58.2 Å². The van der Waals surface area contributed by atoms with Gasteiger partial charge in [-0.3, -0.25) is 0 Å². The van der Waals surface area contributed by atoms with Crippen LogP contribution in [-0.4, -0.2) is 25.0 Å². The molecule has 1 rings (SSSR count). The van der Waals surface area contributed by atoms with Crippen LogP contribution in [0.4, 0.5) is 0 Å². The Hall–Kier alpha value is -0.478. The fourth-order valence-electron chi connectivity index (χ4n) is 3.67. The maximum absolute atomic E-state index is 9.23. The molecule has 0 aromatic carbocycles. The Balaban J connectivity index is 3.30. The fraction of sp³-hybridized carbons (Fsp3) is 0.692. The summed E-state index contributed by atoms with van der Waals surface area (Å²) in [6.07, 6.45) is 4.34. The first-order chi connectivity index (χ1) is 7.87. The van der Waals surface area contributed by atoms with Gasteiger partial charge in [0.2, 0.25) is 0 Å². The van der Waals surface area contributed by atoms with Gasteiger partial charge in [-0.1, -0.05) is 41.5 Å². The molecule has 0 bridgehead atoms. The van der Waals surface area contributed by atoms with Crippen LogP contribution >= 0.6 is 0 Å². The van der Waals surface area contributed by atoms with Crippen molar-refractivity contribution in [3.8, 4) is 0 Å². The lowest BCUT2D eigenvalue weighted by Gasteiger charge is -2.44. The number of aromatic nitrogens is 1. The van der Waals surface area contributed by atoms with E-state index in [9.17, 15) is 5.02 Å². The fourth-order valence-corrected chi connectivity index (χ4v) is 10.2. The van der Waals surface area contributed by atoms with Crippen molar-refractivity contribution in [1.82, 2.24) is 4.23 Å². The number of hydrogen-bond acceptors (Lipinski definition) is 1. The maximum atomic E-state index is 9.23. The quantitative estimate of drug-likeness (QED) is 0.799. The molecule has 0 spiro atoms. The molecule has 0 saturated carbocycles. The summed E-state index contributed by atoms with van der Waals surface area (Å²) in [5, 5.41) is 9.23. The van der Waals surface area contributed by atoms with Crippen LogP contribution in [0.2, 0.25) is 16.6 Å². The first kappa shape index (κ1) is 14.6. The monoisotopic (exact) mass is 251 g/mol. The van der Waals surface area contributed by atoms with E-state index in [-0.39, 0.29) is 7.48 Å². The minimum absolute atomic E-state index is 0.145. The van der Waals surface area contributed by atoms with Crippen molar-refractivity contribution in [2.75, 3.05) is 0 Å². The smallest absolute Gasteiger partial charge is 0.306 e. The second-order valence-electron chi connectivity index (χ2n) is 5.94. The van der Waals surface area contributed by atoms with E-state index < -0.39 is 8.24 Å². The molecule has 1 aromatic rings. The SMILES string of the molecule is CC(C)[Si](C(C)C)(C(C)C)n1ccc(BO)c1. The molecule has 0 aliphatic carbocycles. The summed E-state index contributed by atoms with van der Waals surface area (Å²) >= 11 is 0. The maximum Gasteiger partial charge on any atom is 0.306 e. The molecule has 0 unspecified atom stereocenters. The lowest BCUT2D eigenvalue weighted by Crippen LogP contribution is -2.51. The van der Waals surface area contributed by atoms with Crippen LogP contribution in [0.15, 0.2) is 18.5 Å². The minimum atomic E-state index is -1.59. The largest absolute Gasteiger partial charge is 0.449 e. The third-order valence-corrected chi connectivity index (χ3v) is 10.9. The van der Waals surface area contributed by atoms with Crippen LogP contribution in [0.1, 0.15) is 41.5 Å². The topological polar surface area (TPSA) is 25.2 Å². The molecule has 1 aromatic heterocycles. The summed E-state index contributed by atoms with van der Waals surface area (Å²) in [6, 6.07) is 2.05. The van der Waals surface area contributed by atoms with Gasteiger partial charge in [0, 0.05) is 0 Å². The van der Waals surface area contributed by atoms with E-state index in [1.807, 2.05) is 0 Å². The zero-order valence-corrected chi connectivity index (χ0v) is 13.1. The van der Waals surface area contributed by atoms with Gasteiger partial charge < -0.3 is 9.26 Å². The van der Waals surface area contributed by atoms with Gasteiger partial charge >= 0.3 is 7.48 Å². The number of rotatable bonds is 5. The summed E-state index contributed by atoms with van der Waals surface area (Å²) in [7, 11) is -1.45. The van der Waals surface area contributed by atoms with E-state index >= 15 is 0 Å². The Morgan fingerprint density at radius 2 is 1.53 bits per heavy atom. The molecule has 0 radical (unpaired) electrons. The molecule has 0 fully saturated rings. The molecule has 96 valence electrons. The highest BCUT2D eigenvalue weighted by molar-refractivity contribution is 6.82. The standard InChI is InChI=1S/C13H26BNOSi/c1-10(2)17(11(3)4,12(5)6)15-8-7-13(9-15)14-16/h7-12,14,16H,1-6H3. The molecule has 0 atom stereocenters. The highest BCUT2D eigenvalue weighted by Crippen LogP contribution is 2.42. The van der Waals surface area contributed by atoms with Gasteiger partial charge in [0.1, 0.15) is 0 Å². The van der Waals surface area contributed by atoms with E-state index in [0.717, 1.165) is 5.46 Å². The first-order valence-electron chi connectivity index (χ1n) is 6.65. The minimum Gasteiger partial charge on any atom is -0.449 e. The predicted molar refractivity (Wildman–Crippen MR) is 79.9 cm³/mol. The molecular weight excluding hydrogens is 225 g/mol. The van der Waals surface area contributed by atoms with Crippen molar-refractivity contribution in [1.29, 1.82) is 0 Å². The van der Waals surface area contributed by atoms with Gasteiger partial charge in [-0.15, -0.1) is 0 Å². The second-order valence-corrected chi connectivity index (χ2v) is 11.7. The molecule has 17 heavy (non-hydrogen) atoms. The average Bonchev–Trinajstić information content (AvgIpc) is 2.65. The van der Waals surface area contributed by atoms with E-state index in [4.69, 9.17) is 0 Å². The van der Waals surface area contributed by atoms with Crippen LogP contribution in [0, 0.1) is 0 Å². The van der Waals surface area contributed by atoms with E-state index in [0.29, 0.717) is 16.6 Å². The third kappa shape index (κ3) is 2.38. The lowest BCUT2D eigenvalue weighted by molar-refractivity contribution is 0.615. The molecule has 1 heterocycles. The zero-order valence-electron chi connectivity index (χ0n) is 12.1. The molecule has 0 amide bonds. The normalized spacial score (nSPS) is 12.8. The summed E-state index contributed by atoms with van der Waals surface area (Å²) in [4.78, 5) is 0. The second kappa shape index (κ2) is 5.44. The van der Waals surface area contributed by atoms with Gasteiger partial charge in [-0.25, -0.2) is 0 Å². The van der Waals surface area contributed by atoms with Gasteiger partial charge in [0.25, 0.3) is 0 Å². The Bertz CT molecular complexity index is 338. The average molecular weight is 251 g/mol. The van der Waals surface area contributed by atoms with E-state index in [2.05, 4.69) is 64.2 Å². The summed E-state index contributed by atoms with van der Waals surface area (Å²) in [5.41, 5.74) is 3.12. The molecular formula is C13H26BNOSi. The van der Waals surface area contributed by atoms with Crippen LogP contribution in [0.3, 0.4) is 0 Å². The van der Waals surface area contributed by atoms with Gasteiger partial charge in [0.05, 0.1) is 0 Å². The van der Waals surface area contributed by atoms with E-state index in [1.165, 1.54) is 0 Å². The van der Waals surface area contributed by atoms with Crippen LogP contribution in [0.25, 0.3) is 0 Å². The number of nitrogens with zero attached hydrogens (tertiary/aromatic N) is 1. The molecule has 0 saturated heterocycles. The van der Waals surface area contributed by atoms with Crippen molar-refractivity contribution in [3.05, 3.63) is 18.5 Å². The summed E-state index contributed by atoms with van der Waals surface area (Å²) in [5.74, 6) is 0. The molecule has 0 aliphatic rings.